The summed E-state index contributed by atoms with van der Waals surface area (Å²) in [6.45, 7) is 11.4. The number of hydrogen-bond acceptors (Lipinski definition) is 2. The first-order valence-corrected chi connectivity index (χ1v) is 7.68. The van der Waals surface area contributed by atoms with E-state index in [2.05, 4.69) is 24.1 Å². The monoisotopic (exact) mass is 272 g/mol. The number of rotatable bonds is 7. The highest BCUT2D eigenvalue weighted by Gasteiger charge is 2.35. The SMILES string of the molecule is CCOCCCNC(=S)N1CCC(CC)(CC)C1. The van der Waals surface area contributed by atoms with Gasteiger partial charge in [-0.05, 0) is 50.2 Å². The smallest absolute Gasteiger partial charge is 0.168 e. The van der Waals surface area contributed by atoms with E-state index in [0.717, 1.165) is 44.4 Å². The summed E-state index contributed by atoms with van der Waals surface area (Å²) in [6.07, 6.45) is 4.81. The van der Waals surface area contributed by atoms with E-state index in [0.29, 0.717) is 5.41 Å². The van der Waals surface area contributed by atoms with Crippen LogP contribution in [0, 0.1) is 5.41 Å². The molecule has 1 saturated heterocycles. The Hall–Kier alpha value is -0.350. The average molecular weight is 272 g/mol. The quantitative estimate of drug-likeness (QED) is 0.569. The molecular formula is C14H28N2OS. The Bertz CT molecular complexity index is 254. The van der Waals surface area contributed by atoms with Crippen molar-refractivity contribution in [1.29, 1.82) is 0 Å². The maximum Gasteiger partial charge on any atom is 0.168 e. The van der Waals surface area contributed by atoms with Gasteiger partial charge in [-0.15, -0.1) is 0 Å². The number of hydrogen-bond donors (Lipinski definition) is 1. The summed E-state index contributed by atoms with van der Waals surface area (Å²) in [5.41, 5.74) is 0.497. The second-order valence-electron chi connectivity index (χ2n) is 5.16. The molecule has 1 heterocycles. The summed E-state index contributed by atoms with van der Waals surface area (Å²) < 4.78 is 5.31. The molecule has 0 atom stereocenters. The summed E-state index contributed by atoms with van der Waals surface area (Å²) in [5.74, 6) is 0. The normalized spacial score (nSPS) is 18.1. The predicted octanol–water partition coefficient (Wildman–Crippen LogP) is 2.80. The van der Waals surface area contributed by atoms with Crippen LogP contribution in [0.15, 0.2) is 0 Å². The molecule has 1 aliphatic rings. The molecule has 0 aliphatic carbocycles. The molecule has 0 aromatic carbocycles. The van der Waals surface area contributed by atoms with Gasteiger partial charge in [0.2, 0.25) is 0 Å². The maximum atomic E-state index is 5.46. The molecule has 106 valence electrons. The minimum atomic E-state index is 0.497. The first-order chi connectivity index (χ1) is 8.67. The summed E-state index contributed by atoms with van der Waals surface area (Å²) in [4.78, 5) is 2.34. The summed E-state index contributed by atoms with van der Waals surface area (Å²) >= 11 is 5.46. The highest BCUT2D eigenvalue weighted by Crippen LogP contribution is 2.36. The first-order valence-electron chi connectivity index (χ1n) is 7.28. The van der Waals surface area contributed by atoms with Crippen LogP contribution in [0.2, 0.25) is 0 Å². The lowest BCUT2D eigenvalue weighted by molar-refractivity contribution is 0.145. The standard InChI is InChI=1S/C14H28N2OS/c1-4-14(5-2)8-10-16(12-14)13(18)15-9-7-11-17-6-3/h4-12H2,1-3H3,(H,15,18). The van der Waals surface area contributed by atoms with Gasteiger partial charge in [-0.3, -0.25) is 0 Å². The molecule has 1 aliphatic heterocycles. The van der Waals surface area contributed by atoms with E-state index in [9.17, 15) is 0 Å². The molecule has 0 unspecified atom stereocenters. The number of likely N-dealkylation sites (tertiary alicyclic amines) is 1. The van der Waals surface area contributed by atoms with Crippen molar-refractivity contribution in [1.82, 2.24) is 10.2 Å². The predicted molar refractivity (Wildman–Crippen MR) is 80.9 cm³/mol. The Morgan fingerprint density at radius 1 is 1.33 bits per heavy atom. The van der Waals surface area contributed by atoms with Crippen LogP contribution in [0.5, 0.6) is 0 Å². The highest BCUT2D eigenvalue weighted by atomic mass is 32.1. The van der Waals surface area contributed by atoms with E-state index in [1.54, 1.807) is 0 Å². The third-order valence-electron chi connectivity index (χ3n) is 4.17. The van der Waals surface area contributed by atoms with Crippen LogP contribution < -0.4 is 5.32 Å². The molecule has 0 radical (unpaired) electrons. The second kappa shape index (κ2) is 7.95. The van der Waals surface area contributed by atoms with Crippen molar-refractivity contribution >= 4 is 17.3 Å². The van der Waals surface area contributed by atoms with Gasteiger partial charge in [-0.2, -0.15) is 0 Å². The molecule has 0 bridgehead atoms. The highest BCUT2D eigenvalue weighted by molar-refractivity contribution is 7.80. The van der Waals surface area contributed by atoms with Crippen molar-refractivity contribution in [2.45, 2.75) is 46.5 Å². The fourth-order valence-electron chi connectivity index (χ4n) is 2.56. The van der Waals surface area contributed by atoms with Crippen LogP contribution in [-0.4, -0.2) is 42.9 Å². The zero-order valence-corrected chi connectivity index (χ0v) is 12.9. The van der Waals surface area contributed by atoms with Gasteiger partial charge in [-0.25, -0.2) is 0 Å². The second-order valence-corrected chi connectivity index (χ2v) is 5.55. The minimum absolute atomic E-state index is 0.497. The molecule has 1 rings (SSSR count). The van der Waals surface area contributed by atoms with Crippen LogP contribution in [-0.2, 0) is 4.74 Å². The Kier molecular flexibility index (Phi) is 6.94. The van der Waals surface area contributed by atoms with E-state index in [-0.39, 0.29) is 0 Å². The van der Waals surface area contributed by atoms with Gasteiger partial charge in [0.1, 0.15) is 0 Å². The summed E-state index contributed by atoms with van der Waals surface area (Å²) in [7, 11) is 0. The lowest BCUT2D eigenvalue weighted by Crippen LogP contribution is -2.40. The summed E-state index contributed by atoms with van der Waals surface area (Å²) in [6, 6.07) is 0. The lowest BCUT2D eigenvalue weighted by atomic mass is 9.82. The molecule has 0 spiro atoms. The van der Waals surface area contributed by atoms with Gasteiger partial charge < -0.3 is 15.0 Å². The van der Waals surface area contributed by atoms with Crippen LogP contribution in [0.1, 0.15) is 46.5 Å². The Morgan fingerprint density at radius 3 is 2.61 bits per heavy atom. The third kappa shape index (κ3) is 4.39. The van der Waals surface area contributed by atoms with E-state index >= 15 is 0 Å². The van der Waals surface area contributed by atoms with Gasteiger partial charge >= 0.3 is 0 Å². The molecule has 0 aromatic rings. The first kappa shape index (κ1) is 15.7. The van der Waals surface area contributed by atoms with Crippen molar-refractivity contribution in [3.63, 3.8) is 0 Å². The van der Waals surface area contributed by atoms with E-state index in [4.69, 9.17) is 17.0 Å². The summed E-state index contributed by atoms with van der Waals surface area (Å²) in [5, 5.41) is 4.27. The maximum absolute atomic E-state index is 5.46. The van der Waals surface area contributed by atoms with Gasteiger partial charge in [0.25, 0.3) is 0 Å². The van der Waals surface area contributed by atoms with Crippen LogP contribution in [0.25, 0.3) is 0 Å². The van der Waals surface area contributed by atoms with Gasteiger partial charge in [-0.1, -0.05) is 13.8 Å². The van der Waals surface area contributed by atoms with Crippen LogP contribution in [0.4, 0.5) is 0 Å². The van der Waals surface area contributed by atoms with Gasteiger partial charge in [0, 0.05) is 32.8 Å². The van der Waals surface area contributed by atoms with Gasteiger partial charge in [0.05, 0.1) is 0 Å². The van der Waals surface area contributed by atoms with Crippen molar-refractivity contribution in [3.05, 3.63) is 0 Å². The van der Waals surface area contributed by atoms with Crippen molar-refractivity contribution < 1.29 is 4.74 Å². The largest absolute Gasteiger partial charge is 0.382 e. The fourth-order valence-corrected chi connectivity index (χ4v) is 2.82. The Balaban J connectivity index is 2.23. The van der Waals surface area contributed by atoms with E-state index in [1.807, 2.05) is 6.92 Å². The van der Waals surface area contributed by atoms with Gasteiger partial charge in [0.15, 0.2) is 5.11 Å². The van der Waals surface area contributed by atoms with E-state index in [1.165, 1.54) is 19.3 Å². The minimum Gasteiger partial charge on any atom is -0.382 e. The zero-order chi connectivity index (χ0) is 13.4. The molecule has 0 aromatic heterocycles. The van der Waals surface area contributed by atoms with Crippen molar-refractivity contribution in [2.24, 2.45) is 5.41 Å². The Labute approximate surface area is 117 Å². The molecule has 1 N–H and O–H groups in total. The van der Waals surface area contributed by atoms with E-state index < -0.39 is 0 Å². The van der Waals surface area contributed by atoms with Crippen LogP contribution >= 0.6 is 12.2 Å². The number of ether oxygens (including phenoxy) is 1. The lowest BCUT2D eigenvalue weighted by Gasteiger charge is -2.27. The molecule has 18 heavy (non-hydrogen) atoms. The molecule has 0 amide bonds. The Morgan fingerprint density at radius 2 is 2.06 bits per heavy atom. The molecule has 4 heteroatoms. The van der Waals surface area contributed by atoms with Crippen molar-refractivity contribution in [3.8, 4) is 0 Å². The molecule has 0 saturated carbocycles. The molecule has 1 fully saturated rings. The number of nitrogens with one attached hydrogen (secondary N) is 1. The topological polar surface area (TPSA) is 24.5 Å². The molecular weight excluding hydrogens is 244 g/mol. The number of nitrogens with zero attached hydrogens (tertiary/aromatic N) is 1. The number of thiocarbonyl (C=S) groups is 1. The third-order valence-corrected chi connectivity index (χ3v) is 4.57. The zero-order valence-electron chi connectivity index (χ0n) is 12.1. The van der Waals surface area contributed by atoms with Crippen LogP contribution in [0.3, 0.4) is 0 Å². The molecule has 3 nitrogen and oxygen atoms in total. The fraction of sp³-hybridized carbons (Fsp3) is 0.929. The average Bonchev–Trinajstić information content (AvgIpc) is 2.83. The van der Waals surface area contributed by atoms with Crippen molar-refractivity contribution in [2.75, 3.05) is 32.8 Å².